The maximum absolute atomic E-state index is 13.3. The third-order valence-corrected chi connectivity index (χ3v) is 6.21. The number of anilines is 2. The first-order valence-corrected chi connectivity index (χ1v) is 11.8. The summed E-state index contributed by atoms with van der Waals surface area (Å²) in [5, 5.41) is 7.11. The molecule has 0 spiro atoms. The molecule has 0 radical (unpaired) electrons. The molecule has 1 amide bonds. The average Bonchev–Trinajstić information content (AvgIpc) is 3.15. The van der Waals surface area contributed by atoms with Crippen LogP contribution in [0.15, 0.2) is 53.5 Å². The van der Waals surface area contributed by atoms with Crippen molar-refractivity contribution < 1.29 is 4.79 Å². The molecule has 0 aliphatic carbocycles. The van der Waals surface area contributed by atoms with E-state index in [1.54, 1.807) is 41.8 Å². The molecule has 0 bridgehead atoms. The van der Waals surface area contributed by atoms with Gasteiger partial charge in [0.15, 0.2) is 5.65 Å². The Morgan fingerprint density at radius 2 is 1.97 bits per heavy atom. The van der Waals surface area contributed by atoms with Gasteiger partial charge in [0, 0.05) is 44.1 Å². The van der Waals surface area contributed by atoms with Gasteiger partial charge in [0.1, 0.15) is 5.39 Å². The molecule has 0 saturated carbocycles. The number of nitrogens with zero attached hydrogens (tertiary/aromatic N) is 5. The number of aromatic nitrogens is 4. The van der Waals surface area contributed by atoms with Crippen LogP contribution in [0.1, 0.15) is 41.4 Å². The van der Waals surface area contributed by atoms with E-state index in [0.29, 0.717) is 28.2 Å². The maximum atomic E-state index is 13.3. The van der Waals surface area contributed by atoms with Crippen molar-refractivity contribution in [2.75, 3.05) is 26.0 Å². The van der Waals surface area contributed by atoms with E-state index in [4.69, 9.17) is 4.98 Å². The van der Waals surface area contributed by atoms with Crippen molar-refractivity contribution in [3.8, 4) is 5.69 Å². The molecule has 0 unspecified atom stereocenters. The van der Waals surface area contributed by atoms with Gasteiger partial charge in [-0.05, 0) is 68.3 Å². The summed E-state index contributed by atoms with van der Waals surface area (Å²) in [6.07, 6.45) is 2.58. The predicted octanol–water partition coefficient (Wildman–Crippen LogP) is 3.25. The number of rotatable bonds is 5. The van der Waals surface area contributed by atoms with E-state index in [1.807, 2.05) is 32.0 Å². The van der Waals surface area contributed by atoms with Crippen LogP contribution in [0.4, 0.5) is 11.6 Å². The van der Waals surface area contributed by atoms with Crippen LogP contribution in [0.5, 0.6) is 0 Å². The third-order valence-electron chi connectivity index (χ3n) is 6.21. The first-order chi connectivity index (χ1) is 16.8. The van der Waals surface area contributed by atoms with Crippen LogP contribution in [0.2, 0.25) is 0 Å². The molecular weight excluding hydrogens is 442 g/mol. The molecule has 35 heavy (non-hydrogen) atoms. The van der Waals surface area contributed by atoms with E-state index in [1.165, 1.54) is 16.0 Å². The van der Waals surface area contributed by atoms with Crippen LogP contribution in [0, 0.1) is 0 Å². The minimum Gasteiger partial charge on any atom is -0.345 e. The number of hydrogen-bond donors (Lipinski definition) is 2. The Labute approximate surface area is 203 Å². The summed E-state index contributed by atoms with van der Waals surface area (Å²) in [7, 11) is 3.43. The predicted molar refractivity (Wildman–Crippen MR) is 137 cm³/mol. The van der Waals surface area contributed by atoms with Crippen molar-refractivity contribution in [2.45, 2.75) is 32.9 Å². The average molecular weight is 472 g/mol. The number of fused-ring (bicyclic) bond motifs is 2. The van der Waals surface area contributed by atoms with Crippen molar-refractivity contribution in [1.82, 2.24) is 29.5 Å². The van der Waals surface area contributed by atoms with Gasteiger partial charge in [0.2, 0.25) is 5.95 Å². The molecule has 3 heterocycles. The molecule has 2 aromatic heterocycles. The molecule has 9 heteroatoms. The highest BCUT2D eigenvalue weighted by Crippen LogP contribution is 2.24. The molecule has 180 valence electrons. The van der Waals surface area contributed by atoms with E-state index in [0.717, 1.165) is 25.2 Å². The first kappa shape index (κ1) is 22.8. The fourth-order valence-corrected chi connectivity index (χ4v) is 4.49. The van der Waals surface area contributed by atoms with Crippen LogP contribution < -0.4 is 16.2 Å². The van der Waals surface area contributed by atoms with Gasteiger partial charge < -0.3 is 15.5 Å². The quantitative estimate of drug-likeness (QED) is 0.464. The molecule has 2 aromatic carbocycles. The third kappa shape index (κ3) is 4.19. The maximum Gasteiger partial charge on any atom is 0.278 e. The largest absolute Gasteiger partial charge is 0.345 e. The normalized spacial score (nSPS) is 13.2. The van der Waals surface area contributed by atoms with Gasteiger partial charge in [-0.3, -0.25) is 9.59 Å². The minimum atomic E-state index is -0.175. The number of carbonyl (C=O) groups is 1. The molecule has 0 atom stereocenters. The lowest BCUT2D eigenvalue weighted by molar-refractivity contribution is 0.0827. The van der Waals surface area contributed by atoms with Crippen LogP contribution in [0.25, 0.3) is 16.7 Å². The lowest BCUT2D eigenvalue weighted by atomic mass is 10.0. The van der Waals surface area contributed by atoms with Gasteiger partial charge in [0.25, 0.3) is 11.5 Å². The van der Waals surface area contributed by atoms with Crippen LogP contribution >= 0.6 is 0 Å². The fraction of sp³-hybridized carbons (Fsp3) is 0.308. The number of nitrogens with one attached hydrogen (secondary N) is 2. The molecule has 0 fully saturated rings. The summed E-state index contributed by atoms with van der Waals surface area (Å²) >= 11 is 0. The SMILES string of the molecule is CC(C)n1c(=O)c2cnc(Nc3ccc4c(c3)CNCC4)nc2n1-c1cccc(C(=O)N(C)C)c1. The van der Waals surface area contributed by atoms with E-state index in [-0.39, 0.29) is 17.5 Å². The number of benzene rings is 2. The highest BCUT2D eigenvalue weighted by atomic mass is 16.2. The Morgan fingerprint density at radius 1 is 1.14 bits per heavy atom. The van der Waals surface area contributed by atoms with Crippen molar-refractivity contribution in [3.63, 3.8) is 0 Å². The summed E-state index contributed by atoms with van der Waals surface area (Å²) in [5.74, 6) is 0.289. The second-order valence-electron chi connectivity index (χ2n) is 9.27. The van der Waals surface area contributed by atoms with Gasteiger partial charge >= 0.3 is 0 Å². The number of carbonyl (C=O) groups excluding carboxylic acids is 1. The molecule has 5 rings (SSSR count). The topological polar surface area (TPSA) is 97.1 Å². The monoisotopic (exact) mass is 471 g/mol. The minimum absolute atomic E-state index is 0.111. The van der Waals surface area contributed by atoms with Crippen LogP contribution in [-0.2, 0) is 13.0 Å². The molecular formula is C26H29N7O2. The van der Waals surface area contributed by atoms with Crippen molar-refractivity contribution in [3.05, 3.63) is 75.7 Å². The van der Waals surface area contributed by atoms with Crippen molar-refractivity contribution >= 4 is 28.6 Å². The Bertz CT molecular complexity index is 1480. The fourth-order valence-electron chi connectivity index (χ4n) is 4.49. The highest BCUT2D eigenvalue weighted by molar-refractivity contribution is 5.94. The molecule has 9 nitrogen and oxygen atoms in total. The lowest BCUT2D eigenvalue weighted by Gasteiger charge is -2.18. The number of amides is 1. The Balaban J connectivity index is 1.62. The first-order valence-electron chi connectivity index (χ1n) is 11.8. The zero-order chi connectivity index (χ0) is 24.7. The van der Waals surface area contributed by atoms with E-state index < -0.39 is 0 Å². The van der Waals surface area contributed by atoms with Gasteiger partial charge in [-0.15, -0.1) is 0 Å². The summed E-state index contributed by atoms with van der Waals surface area (Å²) in [4.78, 5) is 36.6. The number of hydrogen-bond acceptors (Lipinski definition) is 6. The van der Waals surface area contributed by atoms with E-state index >= 15 is 0 Å². The molecule has 2 N–H and O–H groups in total. The van der Waals surface area contributed by atoms with Crippen LogP contribution in [-0.4, -0.2) is 50.8 Å². The van der Waals surface area contributed by atoms with E-state index in [9.17, 15) is 9.59 Å². The van der Waals surface area contributed by atoms with Crippen molar-refractivity contribution in [2.24, 2.45) is 0 Å². The van der Waals surface area contributed by atoms with Gasteiger partial charge in [-0.1, -0.05) is 12.1 Å². The Morgan fingerprint density at radius 3 is 2.74 bits per heavy atom. The molecule has 0 saturated heterocycles. The second kappa shape index (κ2) is 8.99. The van der Waals surface area contributed by atoms with Crippen molar-refractivity contribution in [1.29, 1.82) is 0 Å². The Kier molecular flexibility index (Phi) is 5.86. The van der Waals surface area contributed by atoms with Crippen LogP contribution in [0.3, 0.4) is 0 Å². The zero-order valence-corrected chi connectivity index (χ0v) is 20.4. The van der Waals surface area contributed by atoms with Gasteiger partial charge in [-0.2, -0.15) is 4.98 Å². The summed E-state index contributed by atoms with van der Waals surface area (Å²) < 4.78 is 3.42. The summed E-state index contributed by atoms with van der Waals surface area (Å²) in [6.45, 7) is 5.72. The zero-order valence-electron chi connectivity index (χ0n) is 20.4. The van der Waals surface area contributed by atoms with E-state index in [2.05, 4.69) is 27.8 Å². The summed E-state index contributed by atoms with van der Waals surface area (Å²) in [6, 6.07) is 13.4. The molecule has 1 aliphatic rings. The summed E-state index contributed by atoms with van der Waals surface area (Å²) in [5.41, 5.74) is 5.02. The standard InChI is InChI=1S/C26H29N7O2/c1-16(2)32-25(35)22-15-28-26(29-20-9-8-17-10-11-27-14-19(17)12-20)30-23(22)33(32)21-7-5-6-18(13-21)24(34)31(3)4/h5-9,12-13,15-16,27H,10-11,14H2,1-4H3,(H,28,29,30). The molecule has 1 aliphatic heterocycles. The van der Waals surface area contributed by atoms with Gasteiger partial charge in [0.05, 0.1) is 5.69 Å². The lowest BCUT2D eigenvalue weighted by Crippen LogP contribution is -2.25. The second-order valence-corrected chi connectivity index (χ2v) is 9.27. The Hall–Kier alpha value is -3.98. The molecule has 4 aromatic rings. The van der Waals surface area contributed by atoms with Gasteiger partial charge in [-0.25, -0.2) is 14.3 Å². The highest BCUT2D eigenvalue weighted by Gasteiger charge is 2.20. The smallest absolute Gasteiger partial charge is 0.278 e.